The van der Waals surface area contributed by atoms with Gasteiger partial charge in [-0.25, -0.2) is 4.79 Å². The normalized spacial score (nSPS) is 17.3. The van der Waals surface area contributed by atoms with Crippen LogP contribution in [0.3, 0.4) is 0 Å². The van der Waals surface area contributed by atoms with Crippen molar-refractivity contribution in [1.29, 1.82) is 0 Å². The van der Waals surface area contributed by atoms with Crippen molar-refractivity contribution in [3.63, 3.8) is 0 Å². The molecule has 0 spiro atoms. The molecule has 4 heteroatoms. The summed E-state index contributed by atoms with van der Waals surface area (Å²) in [5.74, 6) is -0.136. The van der Waals surface area contributed by atoms with Gasteiger partial charge in [0.05, 0.1) is 10.5 Å². The number of benzene rings is 1. The van der Waals surface area contributed by atoms with Gasteiger partial charge in [0.1, 0.15) is 5.75 Å². The summed E-state index contributed by atoms with van der Waals surface area (Å²) >= 11 is 1.54. The maximum absolute atomic E-state index is 10.7. The molecule has 0 amide bonds. The zero-order valence-corrected chi connectivity index (χ0v) is 8.72. The van der Waals surface area contributed by atoms with E-state index in [2.05, 4.69) is 0 Å². The van der Waals surface area contributed by atoms with Crippen LogP contribution in [0.1, 0.15) is 24.2 Å². The van der Waals surface area contributed by atoms with E-state index >= 15 is 0 Å². The fourth-order valence-corrected chi connectivity index (χ4v) is 2.41. The van der Waals surface area contributed by atoms with E-state index in [0.29, 0.717) is 5.56 Å². The summed E-state index contributed by atoms with van der Waals surface area (Å²) in [6.07, 6.45) is 0. The van der Waals surface area contributed by atoms with Crippen molar-refractivity contribution in [3.8, 4) is 5.75 Å². The van der Waals surface area contributed by atoms with Crippen LogP contribution >= 0.6 is 11.8 Å². The standard InChI is InChI=1S/C10H10O3S/c1-10(2)13-7-4-3-6(9(11)12)5-8(7)14-10/h3-5H,1-2H3,(H,11,12). The monoisotopic (exact) mass is 210 g/mol. The number of carboxylic acids is 1. The molecule has 74 valence electrons. The molecule has 0 saturated carbocycles. The van der Waals surface area contributed by atoms with E-state index in [1.54, 1.807) is 18.2 Å². The minimum absolute atomic E-state index is 0.292. The fraction of sp³-hybridized carbons (Fsp3) is 0.300. The molecule has 2 rings (SSSR count). The third-order valence-corrected chi connectivity index (χ3v) is 3.02. The van der Waals surface area contributed by atoms with Gasteiger partial charge in [0.25, 0.3) is 0 Å². The van der Waals surface area contributed by atoms with Crippen LogP contribution in [0.25, 0.3) is 0 Å². The number of aromatic carboxylic acids is 1. The molecular formula is C10H10O3S. The van der Waals surface area contributed by atoms with E-state index in [0.717, 1.165) is 10.6 Å². The van der Waals surface area contributed by atoms with E-state index < -0.39 is 5.97 Å². The van der Waals surface area contributed by atoms with Gasteiger partial charge >= 0.3 is 5.97 Å². The van der Waals surface area contributed by atoms with E-state index in [4.69, 9.17) is 9.84 Å². The molecular weight excluding hydrogens is 200 g/mol. The fourth-order valence-electron chi connectivity index (χ4n) is 1.36. The summed E-state index contributed by atoms with van der Waals surface area (Å²) < 4.78 is 5.60. The van der Waals surface area contributed by atoms with Crippen molar-refractivity contribution < 1.29 is 14.6 Å². The first kappa shape index (κ1) is 9.40. The lowest BCUT2D eigenvalue weighted by Crippen LogP contribution is -2.17. The molecule has 1 heterocycles. The van der Waals surface area contributed by atoms with Crippen LogP contribution in [-0.2, 0) is 0 Å². The van der Waals surface area contributed by atoms with E-state index in [1.807, 2.05) is 13.8 Å². The highest BCUT2D eigenvalue weighted by molar-refractivity contribution is 8.00. The van der Waals surface area contributed by atoms with Crippen LogP contribution in [0.4, 0.5) is 0 Å². The first-order valence-corrected chi connectivity index (χ1v) is 5.05. The van der Waals surface area contributed by atoms with Gasteiger partial charge in [0.15, 0.2) is 4.93 Å². The third kappa shape index (κ3) is 1.57. The number of rotatable bonds is 1. The lowest BCUT2D eigenvalue weighted by atomic mass is 10.2. The maximum atomic E-state index is 10.7. The number of ether oxygens (including phenoxy) is 1. The predicted molar refractivity (Wildman–Crippen MR) is 54.0 cm³/mol. The number of thioether (sulfide) groups is 1. The van der Waals surface area contributed by atoms with Crippen molar-refractivity contribution in [3.05, 3.63) is 23.8 Å². The number of fused-ring (bicyclic) bond motifs is 1. The van der Waals surface area contributed by atoms with Crippen LogP contribution in [0.15, 0.2) is 23.1 Å². The summed E-state index contributed by atoms with van der Waals surface area (Å²) in [5.41, 5.74) is 0.303. The Balaban J connectivity index is 2.40. The average molecular weight is 210 g/mol. The Bertz CT molecular complexity index is 398. The summed E-state index contributed by atoms with van der Waals surface area (Å²) in [6.45, 7) is 3.91. The first-order chi connectivity index (χ1) is 6.48. The van der Waals surface area contributed by atoms with Crippen LogP contribution in [-0.4, -0.2) is 16.0 Å². The zero-order valence-electron chi connectivity index (χ0n) is 7.90. The van der Waals surface area contributed by atoms with Gasteiger partial charge in [-0.05, 0) is 32.0 Å². The molecule has 0 bridgehead atoms. The maximum Gasteiger partial charge on any atom is 0.335 e. The van der Waals surface area contributed by atoms with Crippen LogP contribution in [0, 0.1) is 0 Å². The van der Waals surface area contributed by atoms with Gasteiger partial charge in [0.2, 0.25) is 0 Å². The molecule has 0 radical (unpaired) electrons. The molecule has 0 unspecified atom stereocenters. The summed E-state index contributed by atoms with van der Waals surface area (Å²) in [5, 5.41) is 8.80. The van der Waals surface area contributed by atoms with E-state index in [9.17, 15) is 4.79 Å². The largest absolute Gasteiger partial charge is 0.478 e. The van der Waals surface area contributed by atoms with Gasteiger partial charge in [-0.1, -0.05) is 11.8 Å². The van der Waals surface area contributed by atoms with Crippen LogP contribution in [0.2, 0.25) is 0 Å². The highest BCUT2D eigenvalue weighted by atomic mass is 32.2. The number of carbonyl (C=O) groups is 1. The zero-order chi connectivity index (χ0) is 10.3. The summed E-state index contributed by atoms with van der Waals surface area (Å²) in [7, 11) is 0. The lowest BCUT2D eigenvalue weighted by Gasteiger charge is -2.15. The second-order valence-corrected chi connectivity index (χ2v) is 5.20. The average Bonchev–Trinajstić information content (AvgIpc) is 2.36. The number of hydrogen-bond donors (Lipinski definition) is 1. The van der Waals surface area contributed by atoms with Crippen molar-refractivity contribution >= 4 is 17.7 Å². The number of hydrogen-bond acceptors (Lipinski definition) is 3. The third-order valence-electron chi connectivity index (χ3n) is 1.90. The highest BCUT2D eigenvalue weighted by Gasteiger charge is 2.31. The molecule has 0 aromatic heterocycles. The Hall–Kier alpha value is -1.16. The smallest absolute Gasteiger partial charge is 0.335 e. The quantitative estimate of drug-likeness (QED) is 0.774. The molecule has 1 N–H and O–H groups in total. The molecule has 0 fully saturated rings. The van der Waals surface area contributed by atoms with Crippen molar-refractivity contribution in [2.45, 2.75) is 23.7 Å². The Morgan fingerprint density at radius 2 is 2.21 bits per heavy atom. The SMILES string of the molecule is CC1(C)Oc2ccc(C(=O)O)cc2S1. The van der Waals surface area contributed by atoms with Crippen molar-refractivity contribution in [2.75, 3.05) is 0 Å². The molecule has 0 aliphatic carbocycles. The molecule has 1 aromatic rings. The second kappa shape index (κ2) is 2.92. The highest BCUT2D eigenvalue weighted by Crippen LogP contribution is 2.47. The predicted octanol–water partition coefficient (Wildman–Crippen LogP) is 2.61. The molecule has 14 heavy (non-hydrogen) atoms. The molecule has 0 saturated heterocycles. The minimum atomic E-state index is -0.905. The molecule has 1 aromatic carbocycles. The van der Waals surface area contributed by atoms with Gasteiger partial charge in [-0.3, -0.25) is 0 Å². The topological polar surface area (TPSA) is 46.5 Å². The van der Waals surface area contributed by atoms with Crippen molar-refractivity contribution in [2.24, 2.45) is 0 Å². The second-order valence-electron chi connectivity index (χ2n) is 3.57. The van der Waals surface area contributed by atoms with Crippen LogP contribution < -0.4 is 4.74 Å². The molecule has 1 aliphatic heterocycles. The van der Waals surface area contributed by atoms with E-state index in [-0.39, 0.29) is 4.93 Å². The van der Waals surface area contributed by atoms with Gasteiger partial charge in [-0.2, -0.15) is 0 Å². The number of carboxylic acid groups (broad SMARTS) is 1. The molecule has 1 aliphatic rings. The first-order valence-electron chi connectivity index (χ1n) is 4.23. The summed E-state index contributed by atoms with van der Waals surface area (Å²) in [6, 6.07) is 4.92. The molecule has 0 atom stereocenters. The van der Waals surface area contributed by atoms with Gasteiger partial charge in [-0.15, -0.1) is 0 Å². The van der Waals surface area contributed by atoms with Gasteiger partial charge < -0.3 is 9.84 Å². The van der Waals surface area contributed by atoms with E-state index in [1.165, 1.54) is 11.8 Å². The molecule has 3 nitrogen and oxygen atoms in total. The minimum Gasteiger partial charge on any atom is -0.478 e. The van der Waals surface area contributed by atoms with Gasteiger partial charge in [0, 0.05) is 0 Å². The Morgan fingerprint density at radius 3 is 2.86 bits per heavy atom. The summed E-state index contributed by atoms with van der Waals surface area (Å²) in [4.78, 5) is 11.3. The lowest BCUT2D eigenvalue weighted by molar-refractivity contribution is 0.0696. The van der Waals surface area contributed by atoms with Crippen molar-refractivity contribution in [1.82, 2.24) is 0 Å². The Labute approximate surface area is 86.1 Å². The Kier molecular flexibility index (Phi) is 1.96. The Morgan fingerprint density at radius 1 is 1.50 bits per heavy atom. The van der Waals surface area contributed by atoms with Crippen LogP contribution in [0.5, 0.6) is 5.75 Å².